The van der Waals surface area contributed by atoms with Crippen molar-refractivity contribution in [3.8, 4) is 5.75 Å². The number of carbonyl (C=O) groups excluding carboxylic acids is 2. The molecule has 2 aromatic carbocycles. The summed E-state index contributed by atoms with van der Waals surface area (Å²) in [5.74, 6) is 0.389. The van der Waals surface area contributed by atoms with Crippen LogP contribution in [0.2, 0.25) is 0 Å². The van der Waals surface area contributed by atoms with Gasteiger partial charge in [0, 0.05) is 12.6 Å². The largest absolute Gasteiger partial charge is 0.484 e. The molecule has 2 amide bonds. The number of aryl methyl sites for hydroxylation is 1. The van der Waals surface area contributed by atoms with Crippen molar-refractivity contribution in [1.82, 2.24) is 10.2 Å². The van der Waals surface area contributed by atoms with Gasteiger partial charge in [0.2, 0.25) is 5.91 Å². The van der Waals surface area contributed by atoms with Gasteiger partial charge in [0.05, 0.1) is 0 Å². The first-order chi connectivity index (χ1) is 14.5. The number of hydrogen-bond donors (Lipinski definition) is 1. The monoisotopic (exact) mass is 408 g/mol. The summed E-state index contributed by atoms with van der Waals surface area (Å²) >= 11 is 0. The van der Waals surface area contributed by atoms with Crippen LogP contribution >= 0.6 is 0 Å². The van der Waals surface area contributed by atoms with Crippen molar-refractivity contribution in [3.63, 3.8) is 0 Å². The number of ether oxygens (including phenoxy) is 1. The van der Waals surface area contributed by atoms with Crippen molar-refractivity contribution in [2.75, 3.05) is 6.61 Å². The van der Waals surface area contributed by atoms with Crippen LogP contribution in [0, 0.1) is 6.92 Å². The Morgan fingerprint density at radius 2 is 1.70 bits per heavy atom. The van der Waals surface area contributed by atoms with Gasteiger partial charge in [-0.2, -0.15) is 0 Å². The zero-order chi connectivity index (χ0) is 21.3. The van der Waals surface area contributed by atoms with Crippen LogP contribution in [0.4, 0.5) is 0 Å². The molecule has 1 aliphatic carbocycles. The van der Waals surface area contributed by atoms with Gasteiger partial charge in [0.15, 0.2) is 6.61 Å². The van der Waals surface area contributed by atoms with Crippen LogP contribution in [0.25, 0.3) is 0 Å². The summed E-state index contributed by atoms with van der Waals surface area (Å²) in [6.45, 7) is 4.02. The summed E-state index contributed by atoms with van der Waals surface area (Å²) in [5.41, 5.74) is 1.96. The van der Waals surface area contributed by atoms with Crippen LogP contribution in [0.5, 0.6) is 5.75 Å². The maximum absolute atomic E-state index is 13.1. The first kappa shape index (κ1) is 21.9. The van der Waals surface area contributed by atoms with E-state index >= 15 is 0 Å². The Kier molecular flexibility index (Phi) is 7.89. The van der Waals surface area contributed by atoms with Gasteiger partial charge >= 0.3 is 0 Å². The van der Waals surface area contributed by atoms with Gasteiger partial charge in [0.25, 0.3) is 5.91 Å². The number of nitrogens with zero attached hydrogens (tertiary/aromatic N) is 1. The van der Waals surface area contributed by atoms with E-state index in [1.807, 2.05) is 61.5 Å². The van der Waals surface area contributed by atoms with Gasteiger partial charge in [0.1, 0.15) is 11.8 Å². The molecular weight excluding hydrogens is 376 g/mol. The molecule has 30 heavy (non-hydrogen) atoms. The minimum absolute atomic E-state index is 0.0953. The number of rotatable bonds is 8. The van der Waals surface area contributed by atoms with E-state index in [2.05, 4.69) is 5.32 Å². The van der Waals surface area contributed by atoms with Gasteiger partial charge in [-0.25, -0.2) is 0 Å². The number of nitrogens with one attached hydrogen (secondary N) is 1. The van der Waals surface area contributed by atoms with E-state index in [0.29, 0.717) is 12.3 Å². The zero-order valence-corrected chi connectivity index (χ0v) is 18.0. The van der Waals surface area contributed by atoms with E-state index in [4.69, 9.17) is 4.74 Å². The quantitative estimate of drug-likeness (QED) is 0.711. The normalized spacial score (nSPS) is 15.3. The third-order valence-corrected chi connectivity index (χ3v) is 5.76. The van der Waals surface area contributed by atoms with Gasteiger partial charge in [-0.3, -0.25) is 9.59 Å². The Morgan fingerprint density at radius 1 is 1.03 bits per heavy atom. The fourth-order valence-electron chi connectivity index (χ4n) is 3.87. The second kappa shape index (κ2) is 10.8. The number of para-hydroxylation sites is 1. The third kappa shape index (κ3) is 6.09. The molecule has 0 radical (unpaired) electrons. The summed E-state index contributed by atoms with van der Waals surface area (Å²) < 4.78 is 5.77. The highest BCUT2D eigenvalue weighted by Gasteiger charge is 2.28. The molecule has 0 spiro atoms. The molecule has 1 aliphatic rings. The summed E-state index contributed by atoms with van der Waals surface area (Å²) in [4.78, 5) is 27.6. The first-order valence-electron chi connectivity index (χ1n) is 10.9. The molecule has 5 heteroatoms. The maximum Gasteiger partial charge on any atom is 0.261 e. The standard InChI is InChI=1S/C25H32N2O3/c1-19-11-9-10-16-23(19)30-18-24(28)27(17-21-12-5-3-6-13-21)20(2)25(29)26-22-14-7-4-8-15-22/h3,5-6,9-13,16,20,22H,4,7-8,14-15,17-18H2,1-2H3,(H,26,29). The molecule has 3 rings (SSSR count). The zero-order valence-electron chi connectivity index (χ0n) is 18.0. The predicted molar refractivity (Wildman–Crippen MR) is 118 cm³/mol. The van der Waals surface area contributed by atoms with Crippen LogP contribution in [0.1, 0.15) is 50.2 Å². The van der Waals surface area contributed by atoms with Crippen LogP contribution in [0.3, 0.4) is 0 Å². The SMILES string of the molecule is Cc1ccccc1OCC(=O)N(Cc1ccccc1)C(C)C(=O)NC1CCCCC1. The average molecular weight is 409 g/mol. The Morgan fingerprint density at radius 3 is 2.40 bits per heavy atom. The molecule has 0 aromatic heterocycles. The smallest absolute Gasteiger partial charge is 0.261 e. The lowest BCUT2D eigenvalue weighted by atomic mass is 9.95. The van der Waals surface area contributed by atoms with E-state index < -0.39 is 6.04 Å². The highest BCUT2D eigenvalue weighted by molar-refractivity contribution is 5.88. The van der Waals surface area contributed by atoms with Crippen LogP contribution in [-0.2, 0) is 16.1 Å². The molecule has 1 atom stereocenters. The highest BCUT2D eigenvalue weighted by atomic mass is 16.5. The van der Waals surface area contributed by atoms with E-state index in [1.165, 1.54) is 6.42 Å². The number of benzene rings is 2. The van der Waals surface area contributed by atoms with E-state index in [1.54, 1.807) is 11.8 Å². The van der Waals surface area contributed by atoms with Gasteiger partial charge in [-0.05, 0) is 43.9 Å². The lowest BCUT2D eigenvalue weighted by Crippen LogP contribution is -2.51. The fourth-order valence-corrected chi connectivity index (χ4v) is 3.87. The molecule has 0 aliphatic heterocycles. The molecule has 1 fully saturated rings. The topological polar surface area (TPSA) is 58.6 Å². The second-order valence-corrected chi connectivity index (χ2v) is 8.08. The van der Waals surface area contributed by atoms with Crippen molar-refractivity contribution < 1.29 is 14.3 Å². The van der Waals surface area contributed by atoms with Crippen molar-refractivity contribution in [2.24, 2.45) is 0 Å². The molecule has 160 valence electrons. The van der Waals surface area contributed by atoms with Crippen molar-refractivity contribution in [1.29, 1.82) is 0 Å². The van der Waals surface area contributed by atoms with Crippen molar-refractivity contribution in [2.45, 2.75) is 64.6 Å². The molecule has 5 nitrogen and oxygen atoms in total. The lowest BCUT2D eigenvalue weighted by Gasteiger charge is -2.31. The molecule has 0 bridgehead atoms. The Balaban J connectivity index is 1.69. The summed E-state index contributed by atoms with van der Waals surface area (Å²) in [6.07, 6.45) is 5.56. The van der Waals surface area contributed by atoms with Gasteiger partial charge in [-0.1, -0.05) is 67.8 Å². The molecule has 0 saturated heterocycles. The first-order valence-corrected chi connectivity index (χ1v) is 10.9. The van der Waals surface area contributed by atoms with E-state index in [-0.39, 0.29) is 24.5 Å². The number of amides is 2. The second-order valence-electron chi connectivity index (χ2n) is 8.08. The minimum atomic E-state index is -0.569. The van der Waals surface area contributed by atoms with E-state index in [9.17, 15) is 9.59 Å². The average Bonchev–Trinajstić information content (AvgIpc) is 2.77. The number of hydrogen-bond acceptors (Lipinski definition) is 3. The molecule has 1 N–H and O–H groups in total. The Hall–Kier alpha value is -2.82. The van der Waals surface area contributed by atoms with Crippen molar-refractivity contribution in [3.05, 3.63) is 65.7 Å². The minimum Gasteiger partial charge on any atom is -0.484 e. The fraction of sp³-hybridized carbons (Fsp3) is 0.440. The van der Waals surface area contributed by atoms with Gasteiger partial charge in [-0.15, -0.1) is 0 Å². The Bertz CT molecular complexity index is 831. The molecule has 2 aromatic rings. The summed E-state index contributed by atoms with van der Waals surface area (Å²) in [7, 11) is 0. The summed E-state index contributed by atoms with van der Waals surface area (Å²) in [6, 6.07) is 17.0. The predicted octanol–water partition coefficient (Wildman–Crippen LogP) is 4.24. The van der Waals surface area contributed by atoms with Crippen LogP contribution < -0.4 is 10.1 Å². The molecular formula is C25H32N2O3. The molecule has 1 unspecified atom stereocenters. The number of carbonyl (C=O) groups is 2. The van der Waals surface area contributed by atoms with Gasteiger partial charge < -0.3 is 15.0 Å². The lowest BCUT2D eigenvalue weighted by molar-refractivity contribution is -0.142. The van der Waals surface area contributed by atoms with Crippen LogP contribution in [-0.4, -0.2) is 35.4 Å². The van der Waals surface area contributed by atoms with Crippen molar-refractivity contribution >= 4 is 11.8 Å². The Labute approximate surface area is 179 Å². The molecule has 1 saturated carbocycles. The highest BCUT2D eigenvalue weighted by Crippen LogP contribution is 2.19. The molecule has 0 heterocycles. The summed E-state index contributed by atoms with van der Waals surface area (Å²) in [5, 5.41) is 3.15. The van der Waals surface area contributed by atoms with E-state index in [0.717, 1.165) is 36.8 Å². The maximum atomic E-state index is 13.1. The third-order valence-electron chi connectivity index (χ3n) is 5.76. The van der Waals surface area contributed by atoms with Crippen LogP contribution in [0.15, 0.2) is 54.6 Å².